The van der Waals surface area contributed by atoms with Gasteiger partial charge in [0.2, 0.25) is 5.91 Å². The molecule has 10 nitrogen and oxygen atoms in total. The van der Waals surface area contributed by atoms with Crippen molar-refractivity contribution in [1.29, 1.82) is 0 Å². The summed E-state index contributed by atoms with van der Waals surface area (Å²) in [6.07, 6.45) is 0. The van der Waals surface area contributed by atoms with Crippen molar-refractivity contribution in [3.05, 3.63) is 56.4 Å². The lowest BCUT2D eigenvalue weighted by Crippen LogP contribution is -2.33. The van der Waals surface area contributed by atoms with E-state index in [1.165, 1.54) is 24.3 Å². The number of primary amides is 1. The largest absolute Gasteiger partial charge is 0.477 e. The number of nitro groups is 1. The average Bonchev–Trinajstić information content (AvgIpc) is 2.48. The summed E-state index contributed by atoms with van der Waals surface area (Å²) in [5.74, 6) is -2.35. The number of aromatic carboxylic acids is 1. The molecule has 0 bridgehead atoms. The Balaban J connectivity index is 2.59. The third-order valence-corrected chi connectivity index (χ3v) is 2.88. The second kappa shape index (κ2) is 6.05. The molecule has 23 heavy (non-hydrogen) atoms. The Morgan fingerprint density at radius 2 is 1.91 bits per heavy atom. The molecule has 0 atom stereocenters. The summed E-state index contributed by atoms with van der Waals surface area (Å²) >= 11 is 0. The van der Waals surface area contributed by atoms with E-state index in [0.29, 0.717) is 10.2 Å². The molecule has 1 heterocycles. The summed E-state index contributed by atoms with van der Waals surface area (Å²) in [5.41, 5.74) is 3.70. The Hall–Kier alpha value is -3.56. The standard InChI is InChI=1S/C13H10N4O6/c14-11(18)6-16-12(19)9(13(20)21)5-10(15-16)7-1-3-8(4-2-7)17(22)23/h1-5H,6H2,(H2,14,18)(H,20,21). The smallest absolute Gasteiger partial charge is 0.341 e. The van der Waals surface area contributed by atoms with Crippen LogP contribution in [0.5, 0.6) is 0 Å². The van der Waals surface area contributed by atoms with Crippen LogP contribution in [-0.4, -0.2) is 31.7 Å². The molecule has 0 aliphatic heterocycles. The minimum atomic E-state index is -1.49. The molecule has 2 aromatic rings. The first kappa shape index (κ1) is 15.8. The fourth-order valence-corrected chi connectivity index (χ4v) is 1.84. The van der Waals surface area contributed by atoms with E-state index in [-0.39, 0.29) is 11.4 Å². The maximum absolute atomic E-state index is 11.9. The average molecular weight is 318 g/mol. The molecular weight excluding hydrogens is 308 g/mol. The van der Waals surface area contributed by atoms with Gasteiger partial charge in [-0.1, -0.05) is 0 Å². The van der Waals surface area contributed by atoms with E-state index in [1.807, 2.05) is 0 Å². The fourth-order valence-electron chi connectivity index (χ4n) is 1.84. The maximum Gasteiger partial charge on any atom is 0.341 e. The Labute approximate surface area is 127 Å². The molecule has 10 heteroatoms. The first-order valence-corrected chi connectivity index (χ1v) is 6.18. The van der Waals surface area contributed by atoms with Crippen molar-refractivity contribution in [1.82, 2.24) is 9.78 Å². The van der Waals surface area contributed by atoms with Crippen molar-refractivity contribution in [3.8, 4) is 11.3 Å². The minimum Gasteiger partial charge on any atom is -0.477 e. The van der Waals surface area contributed by atoms with Gasteiger partial charge in [-0.15, -0.1) is 0 Å². The number of carbonyl (C=O) groups is 2. The van der Waals surface area contributed by atoms with Crippen molar-refractivity contribution >= 4 is 17.6 Å². The van der Waals surface area contributed by atoms with Crippen LogP contribution >= 0.6 is 0 Å². The molecule has 1 aromatic carbocycles. The molecule has 0 saturated heterocycles. The van der Waals surface area contributed by atoms with Gasteiger partial charge in [-0.25, -0.2) is 9.48 Å². The quantitative estimate of drug-likeness (QED) is 0.579. The molecule has 0 unspecified atom stereocenters. The number of carbonyl (C=O) groups excluding carboxylic acids is 1. The van der Waals surface area contributed by atoms with Crippen LogP contribution in [0.3, 0.4) is 0 Å². The fraction of sp³-hybridized carbons (Fsp3) is 0.0769. The van der Waals surface area contributed by atoms with Gasteiger partial charge < -0.3 is 10.8 Å². The Kier molecular flexibility index (Phi) is 4.16. The van der Waals surface area contributed by atoms with Gasteiger partial charge in [0.25, 0.3) is 11.2 Å². The monoisotopic (exact) mass is 318 g/mol. The van der Waals surface area contributed by atoms with Gasteiger partial charge in [0.1, 0.15) is 12.1 Å². The normalized spacial score (nSPS) is 10.3. The van der Waals surface area contributed by atoms with Gasteiger partial charge in [0.15, 0.2) is 0 Å². The number of benzene rings is 1. The van der Waals surface area contributed by atoms with Gasteiger partial charge in [-0.3, -0.25) is 19.7 Å². The lowest BCUT2D eigenvalue weighted by atomic mass is 10.1. The zero-order valence-corrected chi connectivity index (χ0v) is 11.5. The molecule has 1 aromatic heterocycles. The SMILES string of the molecule is NC(=O)Cn1nc(-c2ccc([N+](=O)[O-])cc2)cc(C(=O)O)c1=O. The van der Waals surface area contributed by atoms with Crippen LogP contribution in [-0.2, 0) is 11.3 Å². The third-order valence-electron chi connectivity index (χ3n) is 2.88. The highest BCUT2D eigenvalue weighted by atomic mass is 16.6. The van der Waals surface area contributed by atoms with Crippen LogP contribution in [0, 0.1) is 10.1 Å². The number of non-ortho nitro benzene ring substituents is 1. The number of hydrogen-bond acceptors (Lipinski definition) is 6. The van der Waals surface area contributed by atoms with Gasteiger partial charge in [-0.2, -0.15) is 5.10 Å². The van der Waals surface area contributed by atoms with E-state index >= 15 is 0 Å². The molecule has 0 spiro atoms. The highest BCUT2D eigenvalue weighted by Gasteiger charge is 2.17. The van der Waals surface area contributed by atoms with Crippen LogP contribution < -0.4 is 11.3 Å². The van der Waals surface area contributed by atoms with Gasteiger partial charge in [-0.05, 0) is 18.2 Å². The lowest BCUT2D eigenvalue weighted by Gasteiger charge is -2.07. The van der Waals surface area contributed by atoms with Crippen LogP contribution in [0.1, 0.15) is 10.4 Å². The molecule has 0 aliphatic rings. The van der Waals surface area contributed by atoms with E-state index in [0.717, 1.165) is 6.07 Å². The molecule has 0 fully saturated rings. The molecule has 1 amide bonds. The van der Waals surface area contributed by atoms with Crippen molar-refractivity contribution in [2.45, 2.75) is 6.54 Å². The molecule has 0 saturated carbocycles. The van der Waals surface area contributed by atoms with E-state index in [1.54, 1.807) is 0 Å². The highest BCUT2D eigenvalue weighted by Crippen LogP contribution is 2.20. The van der Waals surface area contributed by atoms with Crippen LogP contribution in [0.15, 0.2) is 35.1 Å². The number of amides is 1. The Morgan fingerprint density at radius 3 is 2.39 bits per heavy atom. The summed E-state index contributed by atoms with van der Waals surface area (Å²) in [6, 6.07) is 6.15. The minimum absolute atomic E-state index is 0.0677. The maximum atomic E-state index is 11.9. The number of aromatic nitrogens is 2. The summed E-state index contributed by atoms with van der Waals surface area (Å²) in [7, 11) is 0. The third kappa shape index (κ3) is 3.37. The first-order valence-electron chi connectivity index (χ1n) is 6.18. The van der Waals surface area contributed by atoms with Gasteiger partial charge in [0.05, 0.1) is 10.6 Å². The van der Waals surface area contributed by atoms with Crippen LogP contribution in [0.25, 0.3) is 11.3 Å². The second-order valence-electron chi connectivity index (χ2n) is 4.48. The number of hydrogen-bond donors (Lipinski definition) is 2. The number of carboxylic acid groups (broad SMARTS) is 1. The number of rotatable bonds is 5. The van der Waals surface area contributed by atoms with E-state index in [4.69, 9.17) is 10.8 Å². The molecule has 2 rings (SSSR count). The van der Waals surface area contributed by atoms with Gasteiger partial charge in [0, 0.05) is 17.7 Å². The summed E-state index contributed by atoms with van der Waals surface area (Å²) in [6.45, 7) is -0.583. The van der Waals surface area contributed by atoms with E-state index in [2.05, 4.69) is 5.10 Å². The van der Waals surface area contributed by atoms with Crippen molar-refractivity contribution in [2.75, 3.05) is 0 Å². The number of nitrogens with two attached hydrogens (primary N) is 1. The highest BCUT2D eigenvalue weighted by molar-refractivity contribution is 5.88. The lowest BCUT2D eigenvalue weighted by molar-refractivity contribution is -0.384. The predicted octanol–water partition coefficient (Wildman–Crippen LogP) is 0.00200. The molecule has 0 radical (unpaired) electrons. The number of nitro benzene ring substituents is 1. The topological polar surface area (TPSA) is 158 Å². The second-order valence-corrected chi connectivity index (χ2v) is 4.48. The summed E-state index contributed by atoms with van der Waals surface area (Å²) in [5, 5.41) is 23.6. The molecule has 0 aliphatic carbocycles. The van der Waals surface area contributed by atoms with E-state index in [9.17, 15) is 24.5 Å². The van der Waals surface area contributed by atoms with Gasteiger partial charge >= 0.3 is 5.97 Å². The van der Waals surface area contributed by atoms with Crippen molar-refractivity contribution in [2.24, 2.45) is 5.73 Å². The Bertz CT molecular complexity index is 856. The van der Waals surface area contributed by atoms with Crippen LogP contribution in [0.4, 0.5) is 5.69 Å². The zero-order valence-electron chi connectivity index (χ0n) is 11.5. The predicted molar refractivity (Wildman–Crippen MR) is 76.7 cm³/mol. The van der Waals surface area contributed by atoms with Crippen molar-refractivity contribution in [3.63, 3.8) is 0 Å². The molecule has 3 N–H and O–H groups in total. The number of carboxylic acids is 1. The van der Waals surface area contributed by atoms with Crippen LogP contribution in [0.2, 0.25) is 0 Å². The van der Waals surface area contributed by atoms with Crippen molar-refractivity contribution < 1.29 is 19.6 Å². The van der Waals surface area contributed by atoms with E-state index < -0.39 is 34.5 Å². The summed E-state index contributed by atoms with van der Waals surface area (Å²) < 4.78 is 0.641. The molecular formula is C13H10N4O6. The Morgan fingerprint density at radius 1 is 1.30 bits per heavy atom. The first-order chi connectivity index (χ1) is 10.8. The number of nitrogens with zero attached hydrogens (tertiary/aromatic N) is 3. The molecule has 118 valence electrons. The zero-order chi connectivity index (χ0) is 17.1. The summed E-state index contributed by atoms with van der Waals surface area (Å²) in [4.78, 5) is 44.0.